The van der Waals surface area contributed by atoms with Crippen LogP contribution in [0.1, 0.15) is 30.0 Å². The SMILES string of the molecule is CCCNC(=O)[C@H](Cc1ccccc1)N(Cc1ccc(Cl)cc1Cl)C(=O)CN(c1cc(Cl)ccc1C)S(=O)(=O)c1ccccc1. The van der Waals surface area contributed by atoms with E-state index in [0.717, 1.165) is 9.87 Å². The van der Waals surface area contributed by atoms with Crippen LogP contribution in [0.5, 0.6) is 0 Å². The van der Waals surface area contributed by atoms with E-state index in [1.54, 1.807) is 55.5 Å². The lowest BCUT2D eigenvalue weighted by Crippen LogP contribution is -2.53. The monoisotopic (exact) mass is 685 g/mol. The Morgan fingerprint density at radius 3 is 2.11 bits per heavy atom. The summed E-state index contributed by atoms with van der Waals surface area (Å²) in [5.41, 5.74) is 2.22. The fourth-order valence-electron chi connectivity index (χ4n) is 4.84. The predicted octanol–water partition coefficient (Wildman–Crippen LogP) is 7.32. The molecule has 0 bridgehead atoms. The summed E-state index contributed by atoms with van der Waals surface area (Å²) in [6, 6.07) is 26.0. The maximum absolute atomic E-state index is 14.5. The molecule has 7 nitrogen and oxygen atoms in total. The first-order chi connectivity index (χ1) is 21.5. The lowest BCUT2D eigenvalue weighted by atomic mass is 10.0. The van der Waals surface area contributed by atoms with Gasteiger partial charge in [0.2, 0.25) is 11.8 Å². The third-order valence-corrected chi connectivity index (χ3v) is 9.82. The minimum Gasteiger partial charge on any atom is -0.354 e. The number of hydrogen-bond acceptors (Lipinski definition) is 4. The van der Waals surface area contributed by atoms with Crippen molar-refractivity contribution < 1.29 is 18.0 Å². The normalized spacial score (nSPS) is 11.9. The van der Waals surface area contributed by atoms with Gasteiger partial charge in [-0.1, -0.05) is 102 Å². The molecule has 0 fully saturated rings. The Morgan fingerprint density at radius 2 is 1.47 bits per heavy atom. The molecular formula is C34H34Cl3N3O4S. The van der Waals surface area contributed by atoms with Crippen molar-refractivity contribution in [2.75, 3.05) is 17.4 Å². The second kappa shape index (κ2) is 15.6. The van der Waals surface area contributed by atoms with Gasteiger partial charge in [0.1, 0.15) is 12.6 Å². The molecule has 2 amide bonds. The van der Waals surface area contributed by atoms with Crippen LogP contribution in [0.3, 0.4) is 0 Å². The van der Waals surface area contributed by atoms with Gasteiger partial charge in [-0.05, 0) is 66.4 Å². The van der Waals surface area contributed by atoms with Gasteiger partial charge in [0.05, 0.1) is 10.6 Å². The van der Waals surface area contributed by atoms with Crippen molar-refractivity contribution in [1.82, 2.24) is 10.2 Å². The molecule has 236 valence electrons. The summed E-state index contributed by atoms with van der Waals surface area (Å²) in [5.74, 6) is -0.969. The van der Waals surface area contributed by atoms with Gasteiger partial charge in [-0.15, -0.1) is 0 Å². The van der Waals surface area contributed by atoms with Crippen LogP contribution < -0.4 is 9.62 Å². The van der Waals surface area contributed by atoms with E-state index in [1.807, 2.05) is 37.3 Å². The molecule has 0 spiro atoms. The Labute approximate surface area is 279 Å². The van der Waals surface area contributed by atoms with Crippen LogP contribution in [0.15, 0.2) is 102 Å². The zero-order valence-electron chi connectivity index (χ0n) is 24.9. The van der Waals surface area contributed by atoms with E-state index in [0.29, 0.717) is 39.2 Å². The molecule has 11 heteroatoms. The van der Waals surface area contributed by atoms with E-state index in [2.05, 4.69) is 5.32 Å². The van der Waals surface area contributed by atoms with Crippen LogP contribution in [0, 0.1) is 6.92 Å². The van der Waals surface area contributed by atoms with Gasteiger partial charge < -0.3 is 10.2 Å². The first-order valence-electron chi connectivity index (χ1n) is 14.4. The molecule has 0 unspecified atom stereocenters. The first kappa shape index (κ1) is 34.3. The van der Waals surface area contributed by atoms with E-state index in [-0.39, 0.29) is 29.5 Å². The minimum absolute atomic E-state index is 0.00555. The highest BCUT2D eigenvalue weighted by Gasteiger charge is 2.35. The van der Waals surface area contributed by atoms with Crippen LogP contribution in [-0.2, 0) is 32.6 Å². The van der Waals surface area contributed by atoms with Crippen molar-refractivity contribution in [3.63, 3.8) is 0 Å². The van der Waals surface area contributed by atoms with Gasteiger partial charge in [-0.2, -0.15) is 0 Å². The molecule has 0 radical (unpaired) electrons. The third-order valence-electron chi connectivity index (χ3n) is 7.23. The Balaban J connectivity index is 1.84. The average molecular weight is 687 g/mol. The predicted molar refractivity (Wildman–Crippen MR) is 181 cm³/mol. The lowest BCUT2D eigenvalue weighted by Gasteiger charge is -2.34. The van der Waals surface area contributed by atoms with E-state index in [4.69, 9.17) is 34.8 Å². The number of hydrogen-bond donors (Lipinski definition) is 1. The van der Waals surface area contributed by atoms with Crippen LogP contribution in [-0.4, -0.2) is 44.3 Å². The number of aryl methyl sites for hydroxylation is 1. The molecule has 4 aromatic carbocycles. The standard InChI is InChI=1S/C34H34Cl3N3O4S/c1-3-18-38-34(42)32(19-25-10-6-4-7-11-25)39(22-26-15-17-27(35)20-30(26)37)33(41)23-40(31-21-28(36)16-14-24(31)2)45(43,44)29-12-8-5-9-13-29/h4-17,20-21,32H,3,18-19,22-23H2,1-2H3,(H,38,42)/t32-/m0/s1. The van der Waals surface area contributed by atoms with Gasteiger partial charge >= 0.3 is 0 Å². The number of nitrogens with one attached hydrogen (secondary N) is 1. The highest BCUT2D eigenvalue weighted by Crippen LogP contribution is 2.31. The van der Waals surface area contributed by atoms with Crippen LogP contribution in [0.2, 0.25) is 15.1 Å². The summed E-state index contributed by atoms with van der Waals surface area (Å²) < 4.78 is 29.3. The summed E-state index contributed by atoms with van der Waals surface area (Å²) >= 11 is 19.0. The summed E-state index contributed by atoms with van der Waals surface area (Å²) in [7, 11) is -4.24. The number of nitrogens with zero attached hydrogens (tertiary/aromatic N) is 2. The van der Waals surface area contributed by atoms with Crippen molar-refractivity contribution in [3.8, 4) is 0 Å². The number of carbonyl (C=O) groups excluding carboxylic acids is 2. The van der Waals surface area contributed by atoms with Gasteiger partial charge in [-0.25, -0.2) is 8.42 Å². The number of anilines is 1. The highest BCUT2D eigenvalue weighted by atomic mass is 35.5. The zero-order chi connectivity index (χ0) is 32.6. The van der Waals surface area contributed by atoms with Crippen molar-refractivity contribution in [3.05, 3.63) is 129 Å². The largest absolute Gasteiger partial charge is 0.354 e. The number of rotatable bonds is 13. The molecular weight excluding hydrogens is 653 g/mol. The highest BCUT2D eigenvalue weighted by molar-refractivity contribution is 7.92. The van der Waals surface area contributed by atoms with Gasteiger partial charge in [0.25, 0.3) is 10.0 Å². The summed E-state index contributed by atoms with van der Waals surface area (Å²) in [6.45, 7) is 3.41. The molecule has 0 aromatic heterocycles. The maximum atomic E-state index is 14.5. The Kier molecular flexibility index (Phi) is 11.9. The quantitative estimate of drug-likeness (QED) is 0.160. The van der Waals surface area contributed by atoms with E-state index < -0.39 is 28.5 Å². The van der Waals surface area contributed by atoms with Crippen LogP contribution >= 0.6 is 34.8 Å². The fourth-order valence-corrected chi connectivity index (χ4v) is 6.96. The topological polar surface area (TPSA) is 86.8 Å². The molecule has 4 rings (SSSR count). The van der Waals surface area contributed by atoms with E-state index in [1.165, 1.54) is 23.1 Å². The third kappa shape index (κ3) is 8.79. The minimum atomic E-state index is -4.24. The number of carbonyl (C=O) groups is 2. The molecule has 0 saturated heterocycles. The number of halogens is 3. The zero-order valence-corrected chi connectivity index (χ0v) is 28.0. The van der Waals surface area contributed by atoms with Crippen molar-refractivity contribution in [2.24, 2.45) is 0 Å². The smallest absolute Gasteiger partial charge is 0.264 e. The summed E-state index contributed by atoms with van der Waals surface area (Å²) in [6.07, 6.45) is 0.882. The molecule has 0 aliphatic heterocycles. The van der Waals surface area contributed by atoms with Crippen LogP contribution in [0.4, 0.5) is 5.69 Å². The molecule has 4 aromatic rings. The number of sulfonamides is 1. The first-order valence-corrected chi connectivity index (χ1v) is 17.0. The van der Waals surface area contributed by atoms with E-state index >= 15 is 0 Å². The fraction of sp³-hybridized carbons (Fsp3) is 0.235. The second-order valence-electron chi connectivity index (χ2n) is 10.5. The van der Waals surface area contributed by atoms with Crippen LogP contribution in [0.25, 0.3) is 0 Å². The summed E-state index contributed by atoms with van der Waals surface area (Å²) in [5, 5.41) is 3.96. The number of amides is 2. The number of benzene rings is 4. The molecule has 45 heavy (non-hydrogen) atoms. The lowest BCUT2D eigenvalue weighted by molar-refractivity contribution is -0.140. The van der Waals surface area contributed by atoms with Crippen molar-refractivity contribution in [1.29, 1.82) is 0 Å². The molecule has 1 atom stereocenters. The Bertz CT molecular complexity index is 1740. The molecule has 0 aliphatic carbocycles. The van der Waals surface area contributed by atoms with E-state index in [9.17, 15) is 18.0 Å². The second-order valence-corrected chi connectivity index (χ2v) is 13.7. The van der Waals surface area contributed by atoms with Crippen molar-refractivity contribution in [2.45, 2.75) is 44.2 Å². The van der Waals surface area contributed by atoms with Crippen molar-refractivity contribution >= 4 is 62.3 Å². The summed E-state index contributed by atoms with van der Waals surface area (Å²) in [4.78, 5) is 29.7. The molecule has 1 N–H and O–H groups in total. The average Bonchev–Trinajstić information content (AvgIpc) is 3.03. The van der Waals surface area contributed by atoms with Gasteiger partial charge in [0.15, 0.2) is 0 Å². The molecule has 0 saturated carbocycles. The Morgan fingerprint density at radius 1 is 0.844 bits per heavy atom. The molecule has 0 heterocycles. The molecule has 0 aliphatic rings. The van der Waals surface area contributed by atoms with Gasteiger partial charge in [0, 0.05) is 34.6 Å². The maximum Gasteiger partial charge on any atom is 0.264 e. The van der Waals surface area contributed by atoms with Gasteiger partial charge in [-0.3, -0.25) is 13.9 Å². The Hall–Kier alpha value is -3.56.